The molecular formula is C20H28O. The fraction of sp³-hybridized carbons (Fsp3) is 0.650. The Hall–Kier alpha value is -1.11. The van der Waals surface area contributed by atoms with Gasteiger partial charge in [0.2, 0.25) is 0 Å². The van der Waals surface area contributed by atoms with E-state index in [2.05, 4.69) is 26.0 Å². The molecule has 1 fully saturated rings. The average molecular weight is 284 g/mol. The second-order valence-corrected chi connectivity index (χ2v) is 7.52. The van der Waals surface area contributed by atoms with E-state index in [1.807, 2.05) is 6.08 Å². The third kappa shape index (κ3) is 2.00. The molecule has 0 heterocycles. The number of hydrogen-bond acceptors (Lipinski definition) is 1. The van der Waals surface area contributed by atoms with Gasteiger partial charge in [0, 0.05) is 6.42 Å². The van der Waals surface area contributed by atoms with Gasteiger partial charge in [0.05, 0.1) is 0 Å². The van der Waals surface area contributed by atoms with Gasteiger partial charge in [-0.3, -0.25) is 4.79 Å². The Morgan fingerprint density at radius 2 is 2.00 bits per heavy atom. The fourth-order valence-electron chi connectivity index (χ4n) is 5.43. The van der Waals surface area contributed by atoms with Crippen molar-refractivity contribution in [3.05, 3.63) is 34.9 Å². The third-order valence-electron chi connectivity index (χ3n) is 6.66. The van der Waals surface area contributed by atoms with E-state index in [0.717, 1.165) is 30.6 Å². The number of carbonyl (C=O) groups is 1. The van der Waals surface area contributed by atoms with E-state index in [1.54, 1.807) is 11.1 Å². The first kappa shape index (κ1) is 14.8. The van der Waals surface area contributed by atoms with Crippen molar-refractivity contribution in [2.45, 2.75) is 59.8 Å². The summed E-state index contributed by atoms with van der Waals surface area (Å²) in [5, 5.41) is 0. The zero-order chi connectivity index (χ0) is 13.9. The average Bonchev–Trinajstić information content (AvgIpc) is 2.82. The molecule has 1 heteroatoms. The molecule has 4 aliphatic carbocycles. The molecule has 0 amide bonds. The predicted octanol–water partition coefficient (Wildman–Crippen LogP) is 5.24. The minimum atomic E-state index is 0. The van der Waals surface area contributed by atoms with Gasteiger partial charge in [-0.25, -0.2) is 0 Å². The van der Waals surface area contributed by atoms with Crippen molar-refractivity contribution in [3.63, 3.8) is 0 Å². The van der Waals surface area contributed by atoms with E-state index in [0.29, 0.717) is 5.78 Å². The molecule has 0 aromatic rings. The van der Waals surface area contributed by atoms with Gasteiger partial charge in [-0.2, -0.15) is 0 Å². The summed E-state index contributed by atoms with van der Waals surface area (Å²) in [7, 11) is 0. The standard InChI is InChI=1S/C19H24O.CH4/c1-12-3-5-16-15(12)7-8-18-17(16)6-4-13-11-14(20)9-10-19(13,18)2;/h4,6,11,16-18H,3,5,7-10H2,1-2H3;1H4/t16?,17?,18?,19-;/m0./s1. The van der Waals surface area contributed by atoms with Gasteiger partial charge < -0.3 is 0 Å². The van der Waals surface area contributed by atoms with Gasteiger partial charge in [-0.05, 0) is 73.8 Å². The molecule has 0 aromatic heterocycles. The van der Waals surface area contributed by atoms with Gasteiger partial charge in [0.15, 0.2) is 5.78 Å². The topological polar surface area (TPSA) is 17.1 Å². The SMILES string of the molecule is C.CC1=C2CCC3C(C=CC4=CC(=O)CC[C@@]43C)C2CC1. The molecule has 3 unspecified atom stereocenters. The van der Waals surface area contributed by atoms with Crippen LogP contribution < -0.4 is 0 Å². The van der Waals surface area contributed by atoms with Crippen molar-refractivity contribution in [2.75, 3.05) is 0 Å². The minimum absolute atomic E-state index is 0. The van der Waals surface area contributed by atoms with Crippen LogP contribution in [0.25, 0.3) is 0 Å². The fourth-order valence-corrected chi connectivity index (χ4v) is 5.43. The van der Waals surface area contributed by atoms with Crippen molar-refractivity contribution in [2.24, 2.45) is 23.2 Å². The van der Waals surface area contributed by atoms with E-state index < -0.39 is 0 Å². The van der Waals surface area contributed by atoms with Crippen LogP contribution in [0.15, 0.2) is 34.9 Å². The zero-order valence-electron chi connectivity index (χ0n) is 12.6. The van der Waals surface area contributed by atoms with Crippen molar-refractivity contribution >= 4 is 5.78 Å². The molecule has 0 aliphatic heterocycles. The Bertz CT molecular complexity index is 562. The summed E-state index contributed by atoms with van der Waals surface area (Å²) in [6, 6.07) is 0. The Labute approximate surface area is 129 Å². The molecule has 0 N–H and O–H groups in total. The van der Waals surface area contributed by atoms with Crippen LogP contribution in [0.2, 0.25) is 0 Å². The molecule has 1 nitrogen and oxygen atoms in total. The van der Waals surface area contributed by atoms with Crippen LogP contribution in [-0.2, 0) is 4.79 Å². The van der Waals surface area contributed by atoms with Crippen molar-refractivity contribution in [3.8, 4) is 0 Å². The monoisotopic (exact) mass is 284 g/mol. The lowest BCUT2D eigenvalue weighted by Crippen LogP contribution is -2.43. The van der Waals surface area contributed by atoms with E-state index in [-0.39, 0.29) is 12.8 Å². The Kier molecular flexibility index (Phi) is 3.50. The summed E-state index contributed by atoms with van der Waals surface area (Å²) >= 11 is 0. The molecule has 1 saturated carbocycles. The van der Waals surface area contributed by atoms with Gasteiger partial charge in [-0.1, -0.05) is 37.6 Å². The summed E-state index contributed by atoms with van der Waals surface area (Å²) in [5.74, 6) is 2.62. The van der Waals surface area contributed by atoms with Gasteiger partial charge in [-0.15, -0.1) is 0 Å². The Morgan fingerprint density at radius 3 is 2.81 bits per heavy atom. The van der Waals surface area contributed by atoms with E-state index in [1.165, 1.54) is 31.3 Å². The van der Waals surface area contributed by atoms with E-state index in [4.69, 9.17) is 0 Å². The molecule has 0 aromatic carbocycles. The van der Waals surface area contributed by atoms with Crippen LogP contribution in [0.1, 0.15) is 59.8 Å². The van der Waals surface area contributed by atoms with Crippen molar-refractivity contribution < 1.29 is 4.79 Å². The highest BCUT2D eigenvalue weighted by Gasteiger charge is 2.49. The highest BCUT2D eigenvalue weighted by atomic mass is 16.1. The number of rotatable bonds is 0. The van der Waals surface area contributed by atoms with Crippen LogP contribution in [0.5, 0.6) is 0 Å². The molecule has 4 aliphatic rings. The van der Waals surface area contributed by atoms with Crippen LogP contribution in [-0.4, -0.2) is 5.78 Å². The highest BCUT2D eigenvalue weighted by Crippen LogP contribution is 2.59. The lowest BCUT2D eigenvalue weighted by atomic mass is 9.53. The lowest BCUT2D eigenvalue weighted by molar-refractivity contribution is -0.116. The van der Waals surface area contributed by atoms with Crippen molar-refractivity contribution in [1.29, 1.82) is 0 Å². The number of fused-ring (bicyclic) bond motifs is 5. The molecule has 4 atom stereocenters. The Morgan fingerprint density at radius 1 is 1.19 bits per heavy atom. The second kappa shape index (κ2) is 4.97. The van der Waals surface area contributed by atoms with E-state index in [9.17, 15) is 4.79 Å². The second-order valence-electron chi connectivity index (χ2n) is 7.52. The zero-order valence-corrected chi connectivity index (χ0v) is 12.6. The first-order valence-electron chi connectivity index (χ1n) is 8.21. The maximum Gasteiger partial charge on any atom is 0.156 e. The predicted molar refractivity (Wildman–Crippen MR) is 87.9 cm³/mol. The summed E-state index contributed by atoms with van der Waals surface area (Å²) in [6.45, 7) is 4.76. The quantitative estimate of drug-likeness (QED) is 0.556. The summed E-state index contributed by atoms with van der Waals surface area (Å²) < 4.78 is 0. The van der Waals surface area contributed by atoms with Crippen molar-refractivity contribution in [1.82, 2.24) is 0 Å². The first-order valence-corrected chi connectivity index (χ1v) is 8.21. The third-order valence-corrected chi connectivity index (χ3v) is 6.66. The number of carbonyl (C=O) groups excluding carboxylic acids is 1. The number of hydrogen-bond donors (Lipinski definition) is 0. The summed E-state index contributed by atoms with van der Waals surface area (Å²) in [6.07, 6.45) is 13.8. The molecule has 4 rings (SSSR count). The highest BCUT2D eigenvalue weighted by molar-refractivity contribution is 5.92. The van der Waals surface area contributed by atoms with Crippen LogP contribution in [0.3, 0.4) is 0 Å². The molecular weight excluding hydrogens is 256 g/mol. The normalized spacial score (nSPS) is 41.0. The molecule has 0 radical (unpaired) electrons. The van der Waals surface area contributed by atoms with Crippen LogP contribution in [0.4, 0.5) is 0 Å². The first-order chi connectivity index (χ1) is 9.59. The van der Waals surface area contributed by atoms with Gasteiger partial charge in [0.25, 0.3) is 0 Å². The van der Waals surface area contributed by atoms with Gasteiger partial charge in [0.1, 0.15) is 0 Å². The maximum atomic E-state index is 11.7. The molecule has 114 valence electrons. The summed E-state index contributed by atoms with van der Waals surface area (Å²) in [5.41, 5.74) is 5.03. The molecule has 0 bridgehead atoms. The van der Waals surface area contributed by atoms with Crippen LogP contribution >= 0.6 is 0 Å². The number of allylic oxidation sites excluding steroid dienone is 6. The maximum absolute atomic E-state index is 11.7. The Balaban J connectivity index is 0.00000132. The smallest absolute Gasteiger partial charge is 0.156 e. The molecule has 0 spiro atoms. The largest absolute Gasteiger partial charge is 0.295 e. The number of ketones is 1. The lowest BCUT2D eigenvalue weighted by Gasteiger charge is -2.51. The molecule has 21 heavy (non-hydrogen) atoms. The minimum Gasteiger partial charge on any atom is -0.295 e. The summed E-state index contributed by atoms with van der Waals surface area (Å²) in [4.78, 5) is 11.7. The van der Waals surface area contributed by atoms with Crippen LogP contribution in [0, 0.1) is 23.2 Å². The van der Waals surface area contributed by atoms with E-state index >= 15 is 0 Å². The van der Waals surface area contributed by atoms with Gasteiger partial charge >= 0.3 is 0 Å². The molecule has 0 saturated heterocycles.